The molecule has 0 aliphatic carbocycles. The van der Waals surface area contributed by atoms with Crippen LogP contribution in [0.15, 0.2) is 18.2 Å². The number of halogens is 1. The molecule has 0 spiro atoms. The monoisotopic (exact) mass is 290 g/mol. The Kier molecular flexibility index (Phi) is 4.52. The summed E-state index contributed by atoms with van der Waals surface area (Å²) in [5.74, 6) is 0.650. The average Bonchev–Trinajstić information content (AvgIpc) is 2.45. The quantitative estimate of drug-likeness (QED) is 0.880. The van der Waals surface area contributed by atoms with Crippen molar-refractivity contribution in [2.75, 3.05) is 29.0 Å². The summed E-state index contributed by atoms with van der Waals surface area (Å²) >= 11 is 0. The van der Waals surface area contributed by atoms with Gasteiger partial charge < -0.3 is 16.0 Å². The topological polar surface area (TPSA) is 80.0 Å². The Morgan fingerprint density at radius 1 is 1.19 bits per heavy atom. The number of hydrogen-bond acceptors (Lipinski definition) is 6. The Morgan fingerprint density at radius 2 is 1.90 bits per heavy atom. The highest BCUT2D eigenvalue weighted by atomic mass is 19.1. The van der Waals surface area contributed by atoms with Gasteiger partial charge in [-0.2, -0.15) is 15.0 Å². The van der Waals surface area contributed by atoms with E-state index < -0.39 is 0 Å². The van der Waals surface area contributed by atoms with Crippen LogP contribution in [0.3, 0.4) is 0 Å². The molecule has 7 heteroatoms. The van der Waals surface area contributed by atoms with Crippen LogP contribution in [0.25, 0.3) is 0 Å². The van der Waals surface area contributed by atoms with Crippen LogP contribution < -0.4 is 16.0 Å². The lowest BCUT2D eigenvalue weighted by Gasteiger charge is -2.19. The molecular weight excluding hydrogens is 271 g/mol. The normalized spacial score (nSPS) is 10.5. The number of nitrogens with two attached hydrogens (primary N) is 1. The lowest BCUT2D eigenvalue weighted by atomic mass is 10.2. The maximum absolute atomic E-state index is 13.6. The van der Waals surface area contributed by atoms with Crippen molar-refractivity contribution in [1.29, 1.82) is 0 Å². The smallest absolute Gasteiger partial charge is 0.233 e. The maximum Gasteiger partial charge on any atom is 0.233 e. The van der Waals surface area contributed by atoms with Gasteiger partial charge in [-0.25, -0.2) is 4.39 Å². The lowest BCUT2D eigenvalue weighted by molar-refractivity contribution is 0.619. The van der Waals surface area contributed by atoms with Gasteiger partial charge in [-0.05, 0) is 32.9 Å². The van der Waals surface area contributed by atoms with Crippen molar-refractivity contribution < 1.29 is 4.39 Å². The summed E-state index contributed by atoms with van der Waals surface area (Å²) in [6.45, 7) is 7.23. The molecule has 0 aliphatic rings. The third-order valence-corrected chi connectivity index (χ3v) is 3.20. The summed E-state index contributed by atoms with van der Waals surface area (Å²) in [4.78, 5) is 14.5. The minimum Gasteiger partial charge on any atom is -0.368 e. The van der Waals surface area contributed by atoms with E-state index in [9.17, 15) is 4.39 Å². The number of nitrogens with one attached hydrogen (secondary N) is 1. The first-order valence-corrected chi connectivity index (χ1v) is 6.83. The first-order valence-electron chi connectivity index (χ1n) is 6.83. The minimum absolute atomic E-state index is 0.128. The fourth-order valence-electron chi connectivity index (χ4n) is 1.95. The second-order valence-electron chi connectivity index (χ2n) is 4.53. The molecule has 0 aliphatic heterocycles. The zero-order valence-corrected chi connectivity index (χ0v) is 12.4. The van der Waals surface area contributed by atoms with E-state index >= 15 is 0 Å². The molecule has 1 aromatic heterocycles. The summed E-state index contributed by atoms with van der Waals surface area (Å²) in [6, 6.07) is 4.79. The molecule has 0 radical (unpaired) electrons. The Hall–Kier alpha value is -2.44. The molecule has 0 saturated carbocycles. The lowest BCUT2D eigenvalue weighted by Crippen LogP contribution is -2.25. The summed E-state index contributed by atoms with van der Waals surface area (Å²) in [5.41, 5.74) is 6.83. The molecule has 6 nitrogen and oxygen atoms in total. The van der Waals surface area contributed by atoms with Crippen molar-refractivity contribution in [2.45, 2.75) is 20.8 Å². The van der Waals surface area contributed by atoms with Crippen molar-refractivity contribution in [3.8, 4) is 0 Å². The zero-order valence-electron chi connectivity index (χ0n) is 12.4. The predicted octanol–water partition coefficient (Wildman–Crippen LogP) is 2.49. The van der Waals surface area contributed by atoms with Crippen LogP contribution >= 0.6 is 0 Å². The van der Waals surface area contributed by atoms with Crippen LogP contribution in [0.4, 0.5) is 27.9 Å². The SMILES string of the molecule is CCN(CC)c1nc(N)nc(Nc2cccc(F)c2C)n1. The molecule has 0 fully saturated rings. The van der Waals surface area contributed by atoms with Gasteiger partial charge in [0.2, 0.25) is 17.8 Å². The molecule has 1 heterocycles. The third-order valence-electron chi connectivity index (χ3n) is 3.20. The van der Waals surface area contributed by atoms with E-state index in [0.29, 0.717) is 23.1 Å². The van der Waals surface area contributed by atoms with Crippen molar-refractivity contribution >= 4 is 23.5 Å². The first kappa shape index (κ1) is 15.0. The highest BCUT2D eigenvalue weighted by molar-refractivity contribution is 5.59. The van der Waals surface area contributed by atoms with Crippen LogP contribution in [0.5, 0.6) is 0 Å². The summed E-state index contributed by atoms with van der Waals surface area (Å²) in [6.07, 6.45) is 0. The number of benzene rings is 1. The zero-order chi connectivity index (χ0) is 15.4. The second kappa shape index (κ2) is 6.34. The van der Waals surface area contributed by atoms with Crippen LogP contribution in [0.1, 0.15) is 19.4 Å². The molecule has 0 saturated heterocycles. The molecule has 0 atom stereocenters. The number of nitrogen functional groups attached to an aromatic ring is 1. The Bertz CT molecular complexity index is 627. The summed E-state index contributed by atoms with van der Waals surface area (Å²) in [7, 11) is 0. The number of hydrogen-bond donors (Lipinski definition) is 2. The van der Waals surface area contributed by atoms with Gasteiger partial charge in [-0.1, -0.05) is 6.07 Å². The fourth-order valence-corrected chi connectivity index (χ4v) is 1.95. The van der Waals surface area contributed by atoms with E-state index in [0.717, 1.165) is 13.1 Å². The molecule has 0 bridgehead atoms. The van der Waals surface area contributed by atoms with Gasteiger partial charge in [-0.15, -0.1) is 0 Å². The third kappa shape index (κ3) is 3.36. The molecule has 21 heavy (non-hydrogen) atoms. The molecule has 112 valence electrons. The number of rotatable bonds is 5. The maximum atomic E-state index is 13.6. The van der Waals surface area contributed by atoms with E-state index in [-0.39, 0.29) is 11.8 Å². The molecule has 1 aromatic carbocycles. The molecule has 3 N–H and O–H groups in total. The van der Waals surface area contributed by atoms with Crippen LogP contribution in [-0.2, 0) is 0 Å². The Labute approximate surface area is 123 Å². The number of anilines is 4. The number of nitrogens with zero attached hydrogens (tertiary/aromatic N) is 4. The van der Waals surface area contributed by atoms with Gasteiger partial charge in [-0.3, -0.25) is 0 Å². The molecule has 2 aromatic rings. The van der Waals surface area contributed by atoms with Crippen molar-refractivity contribution in [1.82, 2.24) is 15.0 Å². The van der Waals surface area contributed by atoms with E-state index in [1.165, 1.54) is 6.07 Å². The summed E-state index contributed by atoms with van der Waals surface area (Å²) in [5, 5.41) is 2.99. The van der Waals surface area contributed by atoms with Crippen molar-refractivity contribution in [3.05, 3.63) is 29.6 Å². The Balaban J connectivity index is 2.34. The van der Waals surface area contributed by atoms with E-state index in [2.05, 4.69) is 20.3 Å². The standard InChI is InChI=1S/C14H19FN6/c1-4-21(5-2)14-19-12(16)18-13(20-14)17-11-8-6-7-10(15)9(11)3/h6-8H,4-5H2,1-3H3,(H3,16,17,18,19,20). The van der Waals surface area contributed by atoms with E-state index in [1.807, 2.05) is 18.7 Å². The van der Waals surface area contributed by atoms with E-state index in [1.54, 1.807) is 19.1 Å². The van der Waals surface area contributed by atoms with Crippen LogP contribution in [-0.4, -0.2) is 28.0 Å². The van der Waals surface area contributed by atoms with Crippen molar-refractivity contribution in [3.63, 3.8) is 0 Å². The predicted molar refractivity (Wildman–Crippen MR) is 82.2 cm³/mol. The highest BCUT2D eigenvalue weighted by Crippen LogP contribution is 2.21. The van der Waals surface area contributed by atoms with E-state index in [4.69, 9.17) is 5.73 Å². The van der Waals surface area contributed by atoms with Crippen LogP contribution in [0, 0.1) is 12.7 Å². The minimum atomic E-state index is -0.286. The molecular formula is C14H19FN6. The van der Waals surface area contributed by atoms with Gasteiger partial charge in [0.1, 0.15) is 5.82 Å². The molecule has 0 unspecified atom stereocenters. The second-order valence-corrected chi connectivity index (χ2v) is 4.53. The van der Waals surface area contributed by atoms with Gasteiger partial charge in [0, 0.05) is 24.3 Å². The van der Waals surface area contributed by atoms with Gasteiger partial charge in [0.25, 0.3) is 0 Å². The fraction of sp³-hybridized carbons (Fsp3) is 0.357. The first-order chi connectivity index (χ1) is 10.0. The van der Waals surface area contributed by atoms with Crippen LogP contribution in [0.2, 0.25) is 0 Å². The molecule has 0 amide bonds. The average molecular weight is 290 g/mol. The van der Waals surface area contributed by atoms with Gasteiger partial charge in [0.15, 0.2) is 0 Å². The van der Waals surface area contributed by atoms with Crippen molar-refractivity contribution in [2.24, 2.45) is 0 Å². The summed E-state index contributed by atoms with van der Waals surface area (Å²) < 4.78 is 13.6. The van der Waals surface area contributed by atoms with Gasteiger partial charge >= 0.3 is 0 Å². The number of aromatic nitrogens is 3. The molecule has 2 rings (SSSR count). The highest BCUT2D eigenvalue weighted by Gasteiger charge is 2.11. The largest absolute Gasteiger partial charge is 0.368 e. The Morgan fingerprint density at radius 3 is 2.57 bits per heavy atom. The van der Waals surface area contributed by atoms with Gasteiger partial charge in [0.05, 0.1) is 0 Å².